The second kappa shape index (κ2) is 4.72. The number of hydrogen-bond donors (Lipinski definition) is 0. The molecule has 0 radical (unpaired) electrons. The lowest BCUT2D eigenvalue weighted by Crippen LogP contribution is -1.99. The molecule has 0 aliphatic rings. The summed E-state index contributed by atoms with van der Waals surface area (Å²) in [6.45, 7) is 4.71. The van der Waals surface area contributed by atoms with Crippen molar-refractivity contribution in [3.8, 4) is 11.3 Å². The third-order valence-electron chi connectivity index (χ3n) is 3.30. The number of imidazole rings is 1. The molecule has 0 saturated carbocycles. The van der Waals surface area contributed by atoms with Crippen LogP contribution >= 0.6 is 0 Å². The number of benzene rings is 1. The average molecular weight is 253 g/mol. The van der Waals surface area contributed by atoms with Gasteiger partial charge in [-0.2, -0.15) is 0 Å². The van der Waals surface area contributed by atoms with Gasteiger partial charge in [-0.05, 0) is 13.8 Å². The number of nitrogens with zero attached hydrogens (tertiary/aromatic N) is 3. The molecule has 0 atom stereocenters. The van der Waals surface area contributed by atoms with E-state index < -0.39 is 0 Å². The Kier molecular flexibility index (Phi) is 2.91. The molecule has 0 aliphatic carbocycles. The van der Waals surface area contributed by atoms with E-state index in [1.54, 1.807) is 0 Å². The molecule has 0 amide bonds. The number of rotatable bonds is 3. The predicted molar refractivity (Wildman–Crippen MR) is 72.7 cm³/mol. The zero-order valence-corrected chi connectivity index (χ0v) is 11.0. The standard InChI is InChI=1S/C15H15N3O/c1-11-12(2)18(10-16-11)9-14-8-15(17-19-14)13-6-4-3-5-7-13/h3-8,10H,9H2,1-2H3. The van der Waals surface area contributed by atoms with Crippen LogP contribution in [0.15, 0.2) is 47.2 Å². The van der Waals surface area contributed by atoms with Crippen LogP contribution in [0.4, 0.5) is 0 Å². The number of hydrogen-bond acceptors (Lipinski definition) is 3. The van der Waals surface area contributed by atoms with Crippen LogP contribution in [0.5, 0.6) is 0 Å². The molecule has 1 aromatic carbocycles. The summed E-state index contributed by atoms with van der Waals surface area (Å²) in [7, 11) is 0. The lowest BCUT2D eigenvalue weighted by atomic mass is 10.1. The number of aromatic nitrogens is 3. The smallest absolute Gasteiger partial charge is 0.157 e. The van der Waals surface area contributed by atoms with Gasteiger partial charge < -0.3 is 9.09 Å². The molecule has 4 heteroatoms. The summed E-state index contributed by atoms with van der Waals surface area (Å²) in [4.78, 5) is 4.28. The molecule has 3 rings (SSSR count). The van der Waals surface area contributed by atoms with Gasteiger partial charge in [0.2, 0.25) is 0 Å². The highest BCUT2D eigenvalue weighted by Gasteiger charge is 2.09. The lowest BCUT2D eigenvalue weighted by molar-refractivity contribution is 0.377. The molecule has 4 nitrogen and oxygen atoms in total. The van der Waals surface area contributed by atoms with Crippen molar-refractivity contribution in [2.24, 2.45) is 0 Å². The molecule has 3 aromatic rings. The van der Waals surface area contributed by atoms with Crippen LogP contribution in [0.1, 0.15) is 17.1 Å². The van der Waals surface area contributed by atoms with Crippen LogP contribution in [0.2, 0.25) is 0 Å². The molecule has 0 bridgehead atoms. The van der Waals surface area contributed by atoms with Crippen molar-refractivity contribution >= 4 is 0 Å². The van der Waals surface area contributed by atoms with E-state index in [1.807, 2.05) is 49.6 Å². The van der Waals surface area contributed by atoms with E-state index in [4.69, 9.17) is 4.52 Å². The highest BCUT2D eigenvalue weighted by molar-refractivity contribution is 5.58. The molecular weight excluding hydrogens is 238 g/mol. The highest BCUT2D eigenvalue weighted by atomic mass is 16.5. The molecule has 2 aromatic heterocycles. The van der Waals surface area contributed by atoms with Crippen molar-refractivity contribution in [1.82, 2.24) is 14.7 Å². The summed E-state index contributed by atoms with van der Waals surface area (Å²) in [5.41, 5.74) is 4.13. The Hall–Kier alpha value is -2.36. The maximum atomic E-state index is 5.39. The molecule has 19 heavy (non-hydrogen) atoms. The van der Waals surface area contributed by atoms with Crippen LogP contribution in [-0.4, -0.2) is 14.7 Å². The Morgan fingerprint density at radius 2 is 1.95 bits per heavy atom. The van der Waals surface area contributed by atoms with E-state index in [2.05, 4.69) is 21.6 Å². The predicted octanol–water partition coefficient (Wildman–Crippen LogP) is 3.20. The van der Waals surface area contributed by atoms with Gasteiger partial charge in [0.25, 0.3) is 0 Å². The summed E-state index contributed by atoms with van der Waals surface area (Å²) < 4.78 is 7.45. The molecule has 0 fully saturated rings. The second-order valence-electron chi connectivity index (χ2n) is 4.59. The normalized spacial score (nSPS) is 10.8. The van der Waals surface area contributed by atoms with Gasteiger partial charge in [0, 0.05) is 17.3 Å². The van der Waals surface area contributed by atoms with Crippen molar-refractivity contribution in [1.29, 1.82) is 0 Å². The van der Waals surface area contributed by atoms with E-state index in [1.165, 1.54) is 0 Å². The fourth-order valence-electron chi connectivity index (χ4n) is 2.00. The molecule has 96 valence electrons. The first-order chi connectivity index (χ1) is 9.24. The van der Waals surface area contributed by atoms with Crippen molar-refractivity contribution in [2.45, 2.75) is 20.4 Å². The summed E-state index contributed by atoms with van der Waals surface area (Å²) >= 11 is 0. The molecular formula is C15H15N3O. The van der Waals surface area contributed by atoms with E-state index in [0.29, 0.717) is 6.54 Å². The summed E-state index contributed by atoms with van der Waals surface area (Å²) in [5, 5.41) is 4.11. The molecule has 0 spiro atoms. The molecule has 0 unspecified atom stereocenters. The van der Waals surface area contributed by atoms with E-state index in [0.717, 1.165) is 28.4 Å². The van der Waals surface area contributed by atoms with Gasteiger partial charge in [-0.3, -0.25) is 0 Å². The van der Waals surface area contributed by atoms with Crippen molar-refractivity contribution in [3.63, 3.8) is 0 Å². The number of aryl methyl sites for hydroxylation is 1. The Labute approximate surface area is 111 Å². The van der Waals surface area contributed by atoms with Crippen molar-refractivity contribution < 1.29 is 4.52 Å². The van der Waals surface area contributed by atoms with Crippen LogP contribution in [-0.2, 0) is 6.54 Å². The second-order valence-corrected chi connectivity index (χ2v) is 4.59. The zero-order valence-electron chi connectivity index (χ0n) is 11.0. The Morgan fingerprint density at radius 1 is 1.16 bits per heavy atom. The van der Waals surface area contributed by atoms with Crippen LogP contribution < -0.4 is 0 Å². The minimum absolute atomic E-state index is 0.659. The largest absolute Gasteiger partial charge is 0.359 e. The quantitative estimate of drug-likeness (QED) is 0.720. The van der Waals surface area contributed by atoms with Crippen LogP contribution in [0.25, 0.3) is 11.3 Å². The monoisotopic (exact) mass is 253 g/mol. The molecule has 0 N–H and O–H groups in total. The first-order valence-corrected chi connectivity index (χ1v) is 6.23. The zero-order chi connectivity index (χ0) is 13.2. The Morgan fingerprint density at radius 3 is 2.63 bits per heavy atom. The first-order valence-electron chi connectivity index (χ1n) is 6.23. The third-order valence-corrected chi connectivity index (χ3v) is 3.30. The SMILES string of the molecule is Cc1ncn(Cc2cc(-c3ccccc3)no2)c1C. The van der Waals surface area contributed by atoms with Gasteiger partial charge in [-0.25, -0.2) is 4.98 Å². The topological polar surface area (TPSA) is 43.9 Å². The minimum Gasteiger partial charge on any atom is -0.359 e. The summed E-state index contributed by atoms with van der Waals surface area (Å²) in [6.07, 6.45) is 1.83. The third kappa shape index (κ3) is 2.29. The Bertz CT molecular complexity index is 682. The van der Waals surface area contributed by atoms with Crippen LogP contribution in [0, 0.1) is 13.8 Å². The minimum atomic E-state index is 0.659. The lowest BCUT2D eigenvalue weighted by Gasteiger charge is -2.00. The van der Waals surface area contributed by atoms with Gasteiger partial charge in [0.05, 0.1) is 18.6 Å². The maximum Gasteiger partial charge on any atom is 0.157 e. The average Bonchev–Trinajstić information content (AvgIpc) is 3.02. The maximum absolute atomic E-state index is 5.39. The van der Waals surface area contributed by atoms with Crippen LogP contribution in [0.3, 0.4) is 0 Å². The van der Waals surface area contributed by atoms with Gasteiger partial charge in [-0.15, -0.1) is 0 Å². The fraction of sp³-hybridized carbons (Fsp3) is 0.200. The first kappa shape index (κ1) is 11.7. The van der Waals surface area contributed by atoms with Crippen molar-refractivity contribution in [2.75, 3.05) is 0 Å². The fourth-order valence-corrected chi connectivity index (χ4v) is 2.00. The molecule has 0 aliphatic heterocycles. The molecule has 0 saturated heterocycles. The van der Waals surface area contributed by atoms with E-state index in [-0.39, 0.29) is 0 Å². The van der Waals surface area contributed by atoms with E-state index >= 15 is 0 Å². The molecule has 2 heterocycles. The Balaban J connectivity index is 1.84. The summed E-state index contributed by atoms with van der Waals surface area (Å²) in [6, 6.07) is 12.0. The van der Waals surface area contributed by atoms with Gasteiger partial charge in [-0.1, -0.05) is 35.5 Å². The van der Waals surface area contributed by atoms with Gasteiger partial charge in [0.1, 0.15) is 5.69 Å². The van der Waals surface area contributed by atoms with Crippen molar-refractivity contribution in [3.05, 3.63) is 59.9 Å². The van der Waals surface area contributed by atoms with E-state index in [9.17, 15) is 0 Å². The van der Waals surface area contributed by atoms with Gasteiger partial charge in [0.15, 0.2) is 5.76 Å². The highest BCUT2D eigenvalue weighted by Crippen LogP contribution is 2.19. The summed E-state index contributed by atoms with van der Waals surface area (Å²) in [5.74, 6) is 0.833. The van der Waals surface area contributed by atoms with Gasteiger partial charge >= 0.3 is 0 Å².